The third kappa shape index (κ3) is 5.19. The number of alkyl halides is 3. The highest BCUT2D eigenvalue weighted by atomic mass is 32.2. The third-order valence-electron chi connectivity index (χ3n) is 2.32. The molecule has 118 valence electrons. The van der Waals surface area contributed by atoms with Crippen molar-refractivity contribution in [2.24, 2.45) is 0 Å². The highest BCUT2D eigenvalue weighted by Gasteiger charge is 2.29. The largest absolute Gasteiger partial charge is 0.405 e. The molecular weight excluding hydrogens is 313 g/mol. The fraction of sp³-hybridized carbons (Fsp3) is 0.400. The number of nitrogens with two attached hydrogens (primary N) is 1. The second-order valence-electron chi connectivity index (χ2n) is 4.07. The number of nitrogens with one attached hydrogen (secondary N) is 1. The van der Waals surface area contributed by atoms with Gasteiger partial charge < -0.3 is 11.1 Å². The Labute approximate surface area is 119 Å². The van der Waals surface area contributed by atoms with Crippen LogP contribution in [0.5, 0.6) is 0 Å². The Morgan fingerprint density at radius 2 is 2.05 bits per heavy atom. The zero-order valence-corrected chi connectivity index (χ0v) is 11.7. The monoisotopic (exact) mass is 326 g/mol. The Bertz CT molecular complexity index is 601. The van der Waals surface area contributed by atoms with E-state index in [4.69, 9.17) is 5.73 Å². The Morgan fingerprint density at radius 1 is 1.43 bits per heavy atom. The van der Waals surface area contributed by atoms with E-state index < -0.39 is 35.2 Å². The molecule has 3 N–H and O–H groups in total. The van der Waals surface area contributed by atoms with E-state index in [-0.39, 0.29) is 10.7 Å². The Kier molecular flexibility index (Phi) is 5.12. The van der Waals surface area contributed by atoms with Gasteiger partial charge in [-0.05, 0) is 12.1 Å². The lowest BCUT2D eigenvalue weighted by atomic mass is 10.5. The zero-order valence-electron chi connectivity index (χ0n) is 10.9. The molecule has 0 radical (unpaired) electrons. The van der Waals surface area contributed by atoms with Gasteiger partial charge in [0.15, 0.2) is 0 Å². The van der Waals surface area contributed by atoms with Crippen molar-refractivity contribution in [1.29, 1.82) is 0 Å². The number of carbonyl (C=O) groups is 1. The van der Waals surface area contributed by atoms with E-state index in [9.17, 15) is 26.4 Å². The molecule has 0 spiro atoms. The van der Waals surface area contributed by atoms with Crippen molar-refractivity contribution < 1.29 is 26.4 Å². The summed E-state index contributed by atoms with van der Waals surface area (Å²) in [5.41, 5.74) is 5.32. The first kappa shape index (κ1) is 17.2. The van der Waals surface area contributed by atoms with Crippen LogP contribution < -0.4 is 11.1 Å². The van der Waals surface area contributed by atoms with Gasteiger partial charge in [-0.2, -0.15) is 17.5 Å². The average molecular weight is 326 g/mol. The van der Waals surface area contributed by atoms with Gasteiger partial charge in [-0.15, -0.1) is 0 Å². The molecule has 21 heavy (non-hydrogen) atoms. The lowest BCUT2D eigenvalue weighted by Gasteiger charge is -2.17. The van der Waals surface area contributed by atoms with E-state index in [2.05, 4.69) is 4.98 Å². The molecule has 1 rings (SSSR count). The Balaban J connectivity index is 2.72. The van der Waals surface area contributed by atoms with Gasteiger partial charge in [0.05, 0.1) is 6.54 Å². The quantitative estimate of drug-likeness (QED) is 0.790. The minimum atomic E-state index is -4.56. The molecule has 0 fully saturated rings. The first-order chi connectivity index (χ1) is 9.52. The molecule has 1 heterocycles. The van der Waals surface area contributed by atoms with Crippen LogP contribution in [0.3, 0.4) is 0 Å². The Hall–Kier alpha value is -1.88. The molecular formula is C10H13F3N4O3S. The van der Waals surface area contributed by atoms with Crippen LogP contribution in [-0.2, 0) is 14.8 Å². The zero-order chi connectivity index (χ0) is 16.3. The van der Waals surface area contributed by atoms with Crippen LogP contribution in [0.2, 0.25) is 0 Å². The summed E-state index contributed by atoms with van der Waals surface area (Å²) in [6, 6.07) is 2.44. The van der Waals surface area contributed by atoms with Crippen LogP contribution in [0.4, 0.5) is 19.0 Å². The van der Waals surface area contributed by atoms with Crippen molar-refractivity contribution in [2.75, 3.05) is 25.9 Å². The number of nitrogen functional groups attached to an aromatic ring is 1. The molecule has 0 aliphatic heterocycles. The summed E-state index contributed by atoms with van der Waals surface area (Å²) in [6.45, 7) is -2.27. The molecule has 0 aromatic carbocycles. The minimum Gasteiger partial charge on any atom is -0.384 e. The van der Waals surface area contributed by atoms with Gasteiger partial charge in [-0.25, -0.2) is 13.4 Å². The first-order valence-electron chi connectivity index (χ1n) is 5.54. The molecule has 0 unspecified atom stereocenters. The molecule has 0 saturated heterocycles. The Morgan fingerprint density at radius 3 is 2.52 bits per heavy atom. The molecule has 7 nitrogen and oxygen atoms in total. The van der Waals surface area contributed by atoms with Gasteiger partial charge in [-0.1, -0.05) is 0 Å². The number of likely N-dealkylation sites (N-methyl/N-ethyl adjacent to an activating group) is 1. The number of hydrogen-bond donors (Lipinski definition) is 2. The second kappa shape index (κ2) is 6.26. The van der Waals surface area contributed by atoms with Gasteiger partial charge in [0.2, 0.25) is 15.9 Å². The molecule has 0 atom stereocenters. The highest BCUT2D eigenvalue weighted by molar-refractivity contribution is 7.89. The lowest BCUT2D eigenvalue weighted by molar-refractivity contribution is -0.138. The number of sulfonamides is 1. The van der Waals surface area contributed by atoms with Crippen molar-refractivity contribution in [3.63, 3.8) is 0 Å². The van der Waals surface area contributed by atoms with Crippen LogP contribution in [-0.4, -0.2) is 49.9 Å². The molecule has 1 aromatic rings. The standard InChI is InChI=1S/C10H13F3N4O3S/c1-17(5-9(18)16-6-10(11,12)13)21(19,20)7-2-3-8(14)15-4-7/h2-4H,5-6H2,1H3,(H2,14,15)(H,16,18). The summed E-state index contributed by atoms with van der Waals surface area (Å²) >= 11 is 0. The summed E-state index contributed by atoms with van der Waals surface area (Å²) in [7, 11) is -2.96. The van der Waals surface area contributed by atoms with Gasteiger partial charge in [-0.3, -0.25) is 4.79 Å². The normalized spacial score (nSPS) is 12.4. The van der Waals surface area contributed by atoms with E-state index >= 15 is 0 Å². The maximum atomic E-state index is 12.0. The molecule has 11 heteroatoms. The maximum absolute atomic E-state index is 12.0. The third-order valence-corrected chi connectivity index (χ3v) is 4.11. The maximum Gasteiger partial charge on any atom is 0.405 e. The molecule has 0 saturated carbocycles. The number of aromatic nitrogens is 1. The van der Waals surface area contributed by atoms with Crippen LogP contribution >= 0.6 is 0 Å². The van der Waals surface area contributed by atoms with Crippen molar-refractivity contribution in [3.05, 3.63) is 18.3 Å². The molecule has 1 amide bonds. The first-order valence-corrected chi connectivity index (χ1v) is 6.98. The number of anilines is 1. The highest BCUT2D eigenvalue weighted by Crippen LogP contribution is 2.14. The van der Waals surface area contributed by atoms with E-state index in [1.54, 1.807) is 5.32 Å². The summed E-state index contributed by atoms with van der Waals surface area (Å²) < 4.78 is 60.4. The summed E-state index contributed by atoms with van der Waals surface area (Å²) in [4.78, 5) is 14.7. The minimum absolute atomic E-state index is 0.111. The van der Waals surface area contributed by atoms with Crippen molar-refractivity contribution in [2.45, 2.75) is 11.1 Å². The van der Waals surface area contributed by atoms with Crippen LogP contribution in [0.15, 0.2) is 23.2 Å². The van der Waals surface area contributed by atoms with Gasteiger partial charge >= 0.3 is 6.18 Å². The number of halogens is 3. The number of carbonyl (C=O) groups excluding carboxylic acids is 1. The number of pyridine rings is 1. The van der Waals surface area contributed by atoms with Crippen molar-refractivity contribution >= 4 is 21.7 Å². The van der Waals surface area contributed by atoms with E-state index in [0.717, 1.165) is 13.2 Å². The summed E-state index contributed by atoms with van der Waals surface area (Å²) in [5.74, 6) is -0.957. The lowest BCUT2D eigenvalue weighted by Crippen LogP contribution is -2.41. The molecule has 0 aliphatic rings. The van der Waals surface area contributed by atoms with Gasteiger partial charge in [0, 0.05) is 13.2 Å². The van der Waals surface area contributed by atoms with E-state index in [0.29, 0.717) is 4.31 Å². The van der Waals surface area contributed by atoms with Gasteiger partial charge in [0.25, 0.3) is 0 Å². The molecule has 1 aromatic heterocycles. The number of amides is 1. The van der Waals surface area contributed by atoms with Gasteiger partial charge in [0.1, 0.15) is 17.3 Å². The second-order valence-corrected chi connectivity index (χ2v) is 6.12. The fourth-order valence-corrected chi connectivity index (χ4v) is 2.34. The SMILES string of the molecule is CN(CC(=O)NCC(F)(F)F)S(=O)(=O)c1ccc(N)nc1. The van der Waals surface area contributed by atoms with Crippen molar-refractivity contribution in [1.82, 2.24) is 14.6 Å². The fourth-order valence-electron chi connectivity index (χ4n) is 1.27. The van der Waals surface area contributed by atoms with Crippen LogP contribution in [0, 0.1) is 0 Å². The van der Waals surface area contributed by atoms with E-state index in [1.807, 2.05) is 0 Å². The smallest absolute Gasteiger partial charge is 0.384 e. The molecule has 0 bridgehead atoms. The van der Waals surface area contributed by atoms with Crippen LogP contribution in [0.1, 0.15) is 0 Å². The van der Waals surface area contributed by atoms with E-state index in [1.165, 1.54) is 12.1 Å². The predicted octanol–water partition coefficient (Wildman–Crippen LogP) is -0.0372. The summed E-state index contributed by atoms with van der Waals surface area (Å²) in [6.07, 6.45) is -3.57. The summed E-state index contributed by atoms with van der Waals surface area (Å²) in [5, 5.41) is 1.58. The number of hydrogen-bond acceptors (Lipinski definition) is 5. The van der Waals surface area contributed by atoms with Crippen LogP contribution in [0.25, 0.3) is 0 Å². The number of rotatable bonds is 5. The average Bonchev–Trinajstić information content (AvgIpc) is 2.36. The molecule has 0 aliphatic carbocycles. The van der Waals surface area contributed by atoms with Crippen molar-refractivity contribution in [3.8, 4) is 0 Å². The number of nitrogens with zero attached hydrogens (tertiary/aromatic N) is 2. The topological polar surface area (TPSA) is 105 Å². The predicted molar refractivity (Wildman–Crippen MR) is 67.5 cm³/mol.